The molecule has 0 saturated carbocycles. The van der Waals surface area contributed by atoms with Gasteiger partial charge in [0.25, 0.3) is 0 Å². The lowest BCUT2D eigenvalue weighted by Crippen LogP contribution is -2.10. The molecular weight excluding hydrogens is 558 g/mol. The summed E-state index contributed by atoms with van der Waals surface area (Å²) in [6, 6.07) is 62.7. The highest BCUT2D eigenvalue weighted by Gasteiger charge is 2.18. The zero-order chi connectivity index (χ0) is 30.5. The third-order valence-corrected chi connectivity index (χ3v) is 9.06. The quantitative estimate of drug-likeness (QED) is 0.199. The standard InChI is InChI=1S/C44H29NO/c1-2-10-30(11-3-1)31-20-25-35(26-21-31)45(41-18-8-14-32-12-4-6-15-37(32)41)36-27-22-34(23-28-36)38-17-9-19-42-43(38)40-29-24-33-13-5-7-16-39(33)44(40)46-42/h1-29H. The molecule has 1 heterocycles. The molecule has 0 fully saturated rings. The van der Waals surface area contributed by atoms with Crippen molar-refractivity contribution < 1.29 is 4.42 Å². The van der Waals surface area contributed by atoms with Crippen LogP contribution in [0.2, 0.25) is 0 Å². The van der Waals surface area contributed by atoms with Crippen molar-refractivity contribution in [2.45, 2.75) is 0 Å². The number of anilines is 3. The van der Waals surface area contributed by atoms with Crippen molar-refractivity contribution in [2.75, 3.05) is 4.90 Å². The fourth-order valence-corrected chi connectivity index (χ4v) is 6.85. The monoisotopic (exact) mass is 587 g/mol. The molecule has 0 N–H and O–H groups in total. The van der Waals surface area contributed by atoms with E-state index in [2.05, 4.69) is 181 Å². The second kappa shape index (κ2) is 10.8. The molecule has 9 aromatic rings. The van der Waals surface area contributed by atoms with Gasteiger partial charge in [0.15, 0.2) is 0 Å². The molecule has 0 unspecified atom stereocenters. The lowest BCUT2D eigenvalue weighted by molar-refractivity contribution is 0.673. The number of furan rings is 1. The van der Waals surface area contributed by atoms with E-state index in [1.165, 1.54) is 32.8 Å². The van der Waals surface area contributed by atoms with Gasteiger partial charge in [-0.25, -0.2) is 0 Å². The van der Waals surface area contributed by atoms with E-state index in [4.69, 9.17) is 4.42 Å². The Labute approximate surface area is 267 Å². The SMILES string of the molecule is c1ccc(-c2ccc(N(c3ccc(-c4cccc5oc6c7ccccc7ccc6c45)cc3)c3cccc4ccccc34)cc2)cc1. The van der Waals surface area contributed by atoms with E-state index in [0.717, 1.165) is 50.0 Å². The van der Waals surface area contributed by atoms with Crippen LogP contribution in [0, 0.1) is 0 Å². The predicted octanol–water partition coefficient (Wildman–Crippen LogP) is 12.7. The van der Waals surface area contributed by atoms with E-state index in [-0.39, 0.29) is 0 Å². The minimum Gasteiger partial charge on any atom is -0.455 e. The fourth-order valence-electron chi connectivity index (χ4n) is 6.85. The molecule has 1 aromatic heterocycles. The summed E-state index contributed by atoms with van der Waals surface area (Å²) in [5, 5.41) is 7.05. The lowest BCUT2D eigenvalue weighted by atomic mass is 9.97. The maximum absolute atomic E-state index is 6.48. The minimum absolute atomic E-state index is 0.906. The minimum atomic E-state index is 0.906. The van der Waals surface area contributed by atoms with Crippen LogP contribution < -0.4 is 4.90 Å². The van der Waals surface area contributed by atoms with Gasteiger partial charge in [-0.15, -0.1) is 0 Å². The molecule has 2 nitrogen and oxygen atoms in total. The summed E-state index contributed by atoms with van der Waals surface area (Å²) in [6.45, 7) is 0. The average Bonchev–Trinajstić information content (AvgIpc) is 3.53. The molecule has 0 saturated heterocycles. The van der Waals surface area contributed by atoms with Gasteiger partial charge in [-0.05, 0) is 75.5 Å². The summed E-state index contributed by atoms with van der Waals surface area (Å²) in [6.07, 6.45) is 0. The van der Waals surface area contributed by atoms with E-state index < -0.39 is 0 Å². The van der Waals surface area contributed by atoms with E-state index in [0.29, 0.717) is 0 Å². The Morgan fingerprint density at radius 2 is 0.957 bits per heavy atom. The summed E-state index contributed by atoms with van der Waals surface area (Å²) < 4.78 is 6.48. The Morgan fingerprint density at radius 1 is 0.370 bits per heavy atom. The van der Waals surface area contributed by atoms with Gasteiger partial charge >= 0.3 is 0 Å². The largest absolute Gasteiger partial charge is 0.455 e. The molecule has 9 rings (SSSR count). The summed E-state index contributed by atoms with van der Waals surface area (Å²) in [4.78, 5) is 2.36. The Morgan fingerprint density at radius 3 is 1.72 bits per heavy atom. The van der Waals surface area contributed by atoms with E-state index in [1.807, 2.05) is 0 Å². The third kappa shape index (κ3) is 4.35. The Kier molecular flexibility index (Phi) is 6.17. The number of hydrogen-bond donors (Lipinski definition) is 0. The first kappa shape index (κ1) is 26.3. The highest BCUT2D eigenvalue weighted by atomic mass is 16.3. The summed E-state index contributed by atoms with van der Waals surface area (Å²) in [5.41, 5.74) is 9.94. The zero-order valence-electron chi connectivity index (χ0n) is 25.1. The highest BCUT2D eigenvalue weighted by molar-refractivity contribution is 6.19. The highest BCUT2D eigenvalue weighted by Crippen LogP contribution is 2.42. The number of fused-ring (bicyclic) bond motifs is 6. The van der Waals surface area contributed by atoms with Crippen molar-refractivity contribution in [3.05, 3.63) is 176 Å². The van der Waals surface area contributed by atoms with Crippen LogP contribution in [0.1, 0.15) is 0 Å². The van der Waals surface area contributed by atoms with Crippen LogP contribution in [0.3, 0.4) is 0 Å². The van der Waals surface area contributed by atoms with Gasteiger partial charge in [-0.2, -0.15) is 0 Å². The van der Waals surface area contributed by atoms with Crippen molar-refractivity contribution in [1.82, 2.24) is 0 Å². The number of benzene rings is 8. The first-order valence-corrected chi connectivity index (χ1v) is 15.7. The van der Waals surface area contributed by atoms with Crippen LogP contribution in [0.15, 0.2) is 180 Å². The predicted molar refractivity (Wildman–Crippen MR) is 194 cm³/mol. The van der Waals surface area contributed by atoms with Crippen LogP contribution in [-0.4, -0.2) is 0 Å². The summed E-state index contributed by atoms with van der Waals surface area (Å²) >= 11 is 0. The fraction of sp³-hybridized carbons (Fsp3) is 0. The van der Waals surface area contributed by atoms with Crippen LogP contribution >= 0.6 is 0 Å². The maximum Gasteiger partial charge on any atom is 0.143 e. The lowest BCUT2D eigenvalue weighted by Gasteiger charge is -2.27. The second-order valence-electron chi connectivity index (χ2n) is 11.7. The molecule has 0 aliphatic heterocycles. The topological polar surface area (TPSA) is 16.4 Å². The van der Waals surface area contributed by atoms with Crippen molar-refractivity contribution in [3.8, 4) is 22.3 Å². The molecular formula is C44H29NO. The molecule has 216 valence electrons. The first-order valence-electron chi connectivity index (χ1n) is 15.7. The summed E-state index contributed by atoms with van der Waals surface area (Å²) in [7, 11) is 0. The molecule has 46 heavy (non-hydrogen) atoms. The van der Waals surface area contributed by atoms with Gasteiger partial charge in [-0.1, -0.05) is 133 Å². The van der Waals surface area contributed by atoms with Crippen molar-refractivity contribution in [2.24, 2.45) is 0 Å². The van der Waals surface area contributed by atoms with Gasteiger partial charge in [0.05, 0.1) is 5.69 Å². The molecule has 0 aliphatic carbocycles. The zero-order valence-corrected chi connectivity index (χ0v) is 25.1. The third-order valence-electron chi connectivity index (χ3n) is 9.06. The molecule has 2 heteroatoms. The van der Waals surface area contributed by atoms with Crippen LogP contribution in [-0.2, 0) is 0 Å². The van der Waals surface area contributed by atoms with Gasteiger partial charge < -0.3 is 9.32 Å². The van der Waals surface area contributed by atoms with Crippen LogP contribution in [0.4, 0.5) is 17.1 Å². The van der Waals surface area contributed by atoms with Gasteiger partial charge in [0.1, 0.15) is 11.2 Å². The Bertz CT molecular complexity index is 2500. The Hall–Kier alpha value is -6.12. The molecule has 0 aliphatic rings. The van der Waals surface area contributed by atoms with Crippen molar-refractivity contribution in [1.29, 1.82) is 0 Å². The summed E-state index contributed by atoms with van der Waals surface area (Å²) in [5.74, 6) is 0. The maximum atomic E-state index is 6.48. The normalized spacial score (nSPS) is 11.5. The van der Waals surface area contributed by atoms with Gasteiger partial charge in [-0.3, -0.25) is 0 Å². The van der Waals surface area contributed by atoms with Crippen LogP contribution in [0.5, 0.6) is 0 Å². The van der Waals surface area contributed by atoms with E-state index in [1.54, 1.807) is 0 Å². The van der Waals surface area contributed by atoms with Crippen LogP contribution in [0.25, 0.3) is 65.7 Å². The number of hydrogen-bond acceptors (Lipinski definition) is 2. The van der Waals surface area contributed by atoms with Gasteiger partial charge in [0.2, 0.25) is 0 Å². The molecule has 0 spiro atoms. The van der Waals surface area contributed by atoms with E-state index >= 15 is 0 Å². The molecule has 0 bridgehead atoms. The number of rotatable bonds is 5. The molecule has 8 aromatic carbocycles. The smallest absolute Gasteiger partial charge is 0.143 e. The van der Waals surface area contributed by atoms with Crippen molar-refractivity contribution >= 4 is 60.5 Å². The molecule has 0 amide bonds. The van der Waals surface area contributed by atoms with Crippen molar-refractivity contribution in [3.63, 3.8) is 0 Å². The first-order chi connectivity index (χ1) is 22.8. The Balaban J connectivity index is 1.18. The average molecular weight is 588 g/mol. The van der Waals surface area contributed by atoms with E-state index in [9.17, 15) is 0 Å². The van der Waals surface area contributed by atoms with Gasteiger partial charge in [0, 0.05) is 32.9 Å². The molecule has 0 atom stereocenters. The second-order valence-corrected chi connectivity index (χ2v) is 11.7. The number of nitrogens with zero attached hydrogens (tertiary/aromatic N) is 1. The molecule has 0 radical (unpaired) electrons.